The van der Waals surface area contributed by atoms with Gasteiger partial charge in [-0.3, -0.25) is 4.79 Å². The summed E-state index contributed by atoms with van der Waals surface area (Å²) in [4.78, 5) is 12.5. The van der Waals surface area contributed by atoms with E-state index in [2.05, 4.69) is 40.5 Å². The number of amides is 1. The summed E-state index contributed by atoms with van der Waals surface area (Å²) in [5, 5.41) is 13.0. The third-order valence-corrected chi connectivity index (χ3v) is 7.38. The second-order valence-corrected chi connectivity index (χ2v) is 9.25. The molecule has 1 amide bonds. The predicted molar refractivity (Wildman–Crippen MR) is 111 cm³/mol. The van der Waals surface area contributed by atoms with E-state index in [1.54, 1.807) is 0 Å². The maximum atomic E-state index is 12.5. The number of carbonyl (C=O) groups is 1. The van der Waals surface area contributed by atoms with Gasteiger partial charge >= 0.3 is 0 Å². The molecule has 0 unspecified atom stereocenters. The van der Waals surface area contributed by atoms with Gasteiger partial charge in [0, 0.05) is 18.5 Å². The molecule has 2 saturated carbocycles. The molecule has 3 rings (SSSR count). The number of hydrogen-bond donors (Lipinski definition) is 1. The summed E-state index contributed by atoms with van der Waals surface area (Å²) in [5.74, 6) is 3.32. The molecule has 1 heterocycles. The highest BCUT2D eigenvalue weighted by molar-refractivity contribution is 7.99. The maximum absolute atomic E-state index is 12.5. The van der Waals surface area contributed by atoms with Crippen molar-refractivity contribution < 1.29 is 4.79 Å². The standard InChI is InChI=1S/C21H34N4OS/c1-4-13-25-20(17-10-6-5-7-11-17)23-24-21(25)27-14-19(26)22-18-12-8-9-15(2)16(18)3/h4,15-18H,1,5-14H2,2-3H3,(H,22,26)/t15-,16-,18+/m0/s1. The minimum atomic E-state index is 0.110. The van der Waals surface area contributed by atoms with Crippen LogP contribution in [0.15, 0.2) is 17.8 Å². The van der Waals surface area contributed by atoms with Crippen molar-refractivity contribution in [1.29, 1.82) is 0 Å². The Morgan fingerprint density at radius 3 is 2.70 bits per heavy atom. The Morgan fingerprint density at radius 2 is 1.96 bits per heavy atom. The van der Waals surface area contributed by atoms with Crippen molar-refractivity contribution in [2.24, 2.45) is 11.8 Å². The molecule has 5 nitrogen and oxygen atoms in total. The Labute approximate surface area is 167 Å². The lowest BCUT2D eigenvalue weighted by atomic mass is 9.78. The minimum Gasteiger partial charge on any atom is -0.352 e. The second-order valence-electron chi connectivity index (χ2n) is 8.30. The summed E-state index contributed by atoms with van der Waals surface area (Å²) in [6.45, 7) is 9.15. The summed E-state index contributed by atoms with van der Waals surface area (Å²) in [6, 6.07) is 0.311. The molecule has 0 radical (unpaired) electrons. The molecule has 150 valence electrons. The molecule has 0 bridgehead atoms. The van der Waals surface area contributed by atoms with Gasteiger partial charge in [0.1, 0.15) is 5.82 Å². The predicted octanol–water partition coefficient (Wildman–Crippen LogP) is 4.54. The Hall–Kier alpha value is -1.30. The monoisotopic (exact) mass is 390 g/mol. The number of aromatic nitrogens is 3. The minimum absolute atomic E-state index is 0.110. The van der Waals surface area contributed by atoms with Crippen molar-refractivity contribution in [1.82, 2.24) is 20.1 Å². The molecule has 0 aromatic carbocycles. The molecule has 0 saturated heterocycles. The van der Waals surface area contributed by atoms with Crippen LogP contribution in [0, 0.1) is 11.8 Å². The molecule has 1 N–H and O–H groups in total. The normalized spacial score (nSPS) is 26.7. The molecule has 2 aliphatic carbocycles. The van der Waals surface area contributed by atoms with E-state index in [1.807, 2.05) is 6.08 Å². The van der Waals surface area contributed by atoms with Crippen LogP contribution in [0.4, 0.5) is 0 Å². The van der Waals surface area contributed by atoms with Crippen LogP contribution in [-0.2, 0) is 11.3 Å². The van der Waals surface area contributed by atoms with Crippen molar-refractivity contribution in [3.05, 3.63) is 18.5 Å². The molecule has 6 heteroatoms. The zero-order chi connectivity index (χ0) is 19.2. The average Bonchev–Trinajstić information content (AvgIpc) is 3.07. The molecular formula is C21H34N4OS. The van der Waals surface area contributed by atoms with Crippen LogP contribution < -0.4 is 5.32 Å². The highest BCUT2D eigenvalue weighted by Gasteiger charge is 2.28. The van der Waals surface area contributed by atoms with Gasteiger partial charge in [-0.1, -0.05) is 63.8 Å². The maximum Gasteiger partial charge on any atom is 0.230 e. The van der Waals surface area contributed by atoms with E-state index >= 15 is 0 Å². The molecule has 0 spiro atoms. The molecule has 1 aromatic heterocycles. The highest BCUT2D eigenvalue weighted by atomic mass is 32.2. The van der Waals surface area contributed by atoms with Gasteiger partial charge in [0.25, 0.3) is 0 Å². The summed E-state index contributed by atoms with van der Waals surface area (Å²) in [6.07, 6.45) is 11.7. The van der Waals surface area contributed by atoms with E-state index in [9.17, 15) is 4.79 Å². The first kappa shape index (κ1) is 20.4. The van der Waals surface area contributed by atoms with Crippen LogP contribution in [0.25, 0.3) is 0 Å². The van der Waals surface area contributed by atoms with Crippen molar-refractivity contribution in [3.63, 3.8) is 0 Å². The lowest BCUT2D eigenvalue weighted by Crippen LogP contribution is -2.44. The zero-order valence-electron chi connectivity index (χ0n) is 16.8. The third-order valence-electron chi connectivity index (χ3n) is 6.41. The topological polar surface area (TPSA) is 59.8 Å². The summed E-state index contributed by atoms with van der Waals surface area (Å²) >= 11 is 1.50. The van der Waals surface area contributed by atoms with E-state index in [-0.39, 0.29) is 5.91 Å². The number of nitrogens with zero attached hydrogens (tertiary/aromatic N) is 3. The van der Waals surface area contributed by atoms with Gasteiger partial charge in [-0.25, -0.2) is 0 Å². The number of hydrogen-bond acceptors (Lipinski definition) is 4. The van der Waals surface area contributed by atoms with Crippen molar-refractivity contribution in [2.45, 2.75) is 88.9 Å². The Bertz CT molecular complexity index is 638. The number of allylic oxidation sites excluding steroid dienone is 1. The van der Waals surface area contributed by atoms with E-state index < -0.39 is 0 Å². The first-order chi connectivity index (χ1) is 13.1. The summed E-state index contributed by atoms with van der Waals surface area (Å²) < 4.78 is 2.16. The van der Waals surface area contributed by atoms with E-state index in [4.69, 9.17) is 0 Å². The fourth-order valence-electron chi connectivity index (χ4n) is 4.53. The fourth-order valence-corrected chi connectivity index (χ4v) is 5.30. The Kier molecular flexibility index (Phi) is 7.39. The highest BCUT2D eigenvalue weighted by Crippen LogP contribution is 2.33. The second kappa shape index (κ2) is 9.76. The SMILES string of the molecule is C=CCn1c(SCC(=O)N[C@@H]2CCC[C@H](C)[C@@H]2C)nnc1C1CCCCC1. The van der Waals surface area contributed by atoms with Gasteiger partial charge in [0.15, 0.2) is 5.16 Å². The van der Waals surface area contributed by atoms with Crippen molar-refractivity contribution >= 4 is 17.7 Å². The van der Waals surface area contributed by atoms with E-state index in [1.165, 1.54) is 56.7 Å². The van der Waals surface area contributed by atoms with Crippen LogP contribution in [0.5, 0.6) is 0 Å². The Morgan fingerprint density at radius 1 is 1.19 bits per heavy atom. The van der Waals surface area contributed by atoms with Crippen molar-refractivity contribution in [2.75, 3.05) is 5.75 Å². The van der Waals surface area contributed by atoms with Crippen LogP contribution in [0.2, 0.25) is 0 Å². The lowest BCUT2D eigenvalue weighted by molar-refractivity contribution is -0.120. The summed E-state index contributed by atoms with van der Waals surface area (Å²) in [7, 11) is 0. The zero-order valence-corrected chi connectivity index (χ0v) is 17.6. The first-order valence-corrected chi connectivity index (χ1v) is 11.5. The molecule has 27 heavy (non-hydrogen) atoms. The van der Waals surface area contributed by atoms with E-state index in [0.717, 1.165) is 17.4 Å². The summed E-state index contributed by atoms with van der Waals surface area (Å²) in [5.41, 5.74) is 0. The number of nitrogens with one attached hydrogen (secondary N) is 1. The van der Waals surface area contributed by atoms with Crippen LogP contribution in [0.1, 0.15) is 77.0 Å². The number of thioether (sulfide) groups is 1. The first-order valence-electron chi connectivity index (χ1n) is 10.6. The molecule has 0 aliphatic heterocycles. The molecule has 3 atom stereocenters. The average molecular weight is 391 g/mol. The number of rotatable bonds is 7. The molecule has 2 aliphatic rings. The van der Waals surface area contributed by atoms with Crippen LogP contribution in [0.3, 0.4) is 0 Å². The van der Waals surface area contributed by atoms with Gasteiger partial charge in [-0.2, -0.15) is 0 Å². The fraction of sp³-hybridized carbons (Fsp3) is 0.762. The molecule has 1 aromatic rings. The van der Waals surface area contributed by atoms with Crippen LogP contribution >= 0.6 is 11.8 Å². The smallest absolute Gasteiger partial charge is 0.230 e. The Balaban J connectivity index is 1.59. The quantitative estimate of drug-likeness (QED) is 0.548. The third kappa shape index (κ3) is 5.15. The van der Waals surface area contributed by atoms with Crippen molar-refractivity contribution in [3.8, 4) is 0 Å². The van der Waals surface area contributed by atoms with Gasteiger partial charge < -0.3 is 9.88 Å². The van der Waals surface area contributed by atoms with Gasteiger partial charge in [0.2, 0.25) is 5.91 Å². The lowest BCUT2D eigenvalue weighted by Gasteiger charge is -2.34. The van der Waals surface area contributed by atoms with Crippen LogP contribution in [-0.4, -0.2) is 32.5 Å². The van der Waals surface area contributed by atoms with Gasteiger partial charge in [-0.05, 0) is 31.1 Å². The van der Waals surface area contributed by atoms with Gasteiger partial charge in [-0.15, -0.1) is 16.8 Å². The van der Waals surface area contributed by atoms with E-state index in [0.29, 0.717) is 36.1 Å². The molecular weight excluding hydrogens is 356 g/mol. The molecule has 2 fully saturated rings. The number of carbonyl (C=O) groups excluding carboxylic acids is 1. The van der Waals surface area contributed by atoms with Gasteiger partial charge in [0.05, 0.1) is 5.75 Å². The largest absolute Gasteiger partial charge is 0.352 e.